The van der Waals surface area contributed by atoms with Crippen LogP contribution in [0.4, 0.5) is 0 Å². The van der Waals surface area contributed by atoms with E-state index in [1.807, 2.05) is 25.2 Å². The molecule has 1 aliphatic heterocycles. The summed E-state index contributed by atoms with van der Waals surface area (Å²) in [5.41, 5.74) is 1.24. The second-order valence-corrected chi connectivity index (χ2v) is 6.74. The van der Waals surface area contributed by atoms with Crippen LogP contribution in [0, 0.1) is 0 Å². The summed E-state index contributed by atoms with van der Waals surface area (Å²) >= 11 is 6.07. The summed E-state index contributed by atoms with van der Waals surface area (Å²) in [7, 11) is 1.81. The van der Waals surface area contributed by atoms with Gasteiger partial charge in [0.2, 0.25) is 0 Å². The molecule has 1 aliphatic rings. The van der Waals surface area contributed by atoms with Crippen molar-refractivity contribution in [2.24, 2.45) is 0 Å². The number of aliphatic carboxylic acids is 1. The van der Waals surface area contributed by atoms with Crippen LogP contribution in [0.25, 0.3) is 0 Å². The highest BCUT2D eigenvalue weighted by molar-refractivity contribution is 6.30. The van der Waals surface area contributed by atoms with Crippen molar-refractivity contribution in [2.45, 2.75) is 18.9 Å². The lowest BCUT2D eigenvalue weighted by Crippen LogP contribution is -2.48. The number of ether oxygens (including phenoxy) is 1. The van der Waals surface area contributed by atoms with Crippen LogP contribution < -0.4 is 0 Å². The van der Waals surface area contributed by atoms with E-state index in [1.54, 1.807) is 4.90 Å². The number of carboxylic acids is 1. The van der Waals surface area contributed by atoms with E-state index in [4.69, 9.17) is 21.4 Å². The van der Waals surface area contributed by atoms with Gasteiger partial charge in [0.25, 0.3) is 0 Å². The van der Waals surface area contributed by atoms with Gasteiger partial charge in [-0.1, -0.05) is 30.7 Å². The molecule has 2 atom stereocenters. The number of nitrogens with zero attached hydrogens (tertiary/aromatic N) is 2. The van der Waals surface area contributed by atoms with Crippen LogP contribution in [0.2, 0.25) is 5.02 Å². The minimum atomic E-state index is -0.810. The Morgan fingerprint density at radius 1 is 1.57 bits per heavy atom. The van der Waals surface area contributed by atoms with Crippen molar-refractivity contribution in [2.75, 3.05) is 46.4 Å². The molecular weight excluding hydrogens is 316 g/mol. The summed E-state index contributed by atoms with van der Waals surface area (Å²) in [5, 5.41) is 9.60. The molecule has 0 saturated carbocycles. The number of likely N-dealkylation sites (N-methyl/N-ethyl adjacent to an activating group) is 1. The Morgan fingerprint density at radius 3 is 3.04 bits per heavy atom. The van der Waals surface area contributed by atoms with Crippen LogP contribution in [0.5, 0.6) is 0 Å². The lowest BCUT2D eigenvalue weighted by molar-refractivity contribution is -0.138. The number of morpholine rings is 1. The highest BCUT2D eigenvalue weighted by Crippen LogP contribution is 2.21. The van der Waals surface area contributed by atoms with E-state index in [9.17, 15) is 4.79 Å². The molecule has 128 valence electrons. The quantitative estimate of drug-likeness (QED) is 0.824. The highest BCUT2D eigenvalue weighted by atomic mass is 35.5. The van der Waals surface area contributed by atoms with Gasteiger partial charge in [-0.05, 0) is 30.7 Å². The molecule has 0 spiro atoms. The van der Waals surface area contributed by atoms with E-state index in [1.165, 1.54) is 5.56 Å². The van der Waals surface area contributed by atoms with Gasteiger partial charge in [0.15, 0.2) is 0 Å². The van der Waals surface area contributed by atoms with Crippen LogP contribution in [0.1, 0.15) is 18.4 Å². The molecule has 0 aromatic heterocycles. The molecular formula is C17H25ClN2O3. The Labute approximate surface area is 142 Å². The van der Waals surface area contributed by atoms with Crippen molar-refractivity contribution in [3.05, 3.63) is 34.9 Å². The molecule has 1 saturated heterocycles. The fourth-order valence-electron chi connectivity index (χ4n) is 3.01. The molecule has 0 radical (unpaired) electrons. The first kappa shape index (κ1) is 18.2. The Kier molecular flexibility index (Phi) is 6.84. The maximum absolute atomic E-state index is 10.7. The average molecular weight is 341 g/mol. The number of hydrogen-bond donors (Lipinski definition) is 1. The molecule has 5 nitrogen and oxygen atoms in total. The van der Waals surface area contributed by atoms with Crippen molar-refractivity contribution < 1.29 is 14.6 Å². The zero-order valence-electron chi connectivity index (χ0n) is 13.7. The fraction of sp³-hybridized carbons (Fsp3) is 0.588. The lowest BCUT2D eigenvalue weighted by atomic mass is 10.0. The fourth-order valence-corrected chi connectivity index (χ4v) is 3.20. The molecule has 2 rings (SSSR count). The van der Waals surface area contributed by atoms with Gasteiger partial charge in [0, 0.05) is 31.2 Å². The second kappa shape index (κ2) is 8.64. The maximum atomic E-state index is 10.7. The first-order chi connectivity index (χ1) is 10.9. The van der Waals surface area contributed by atoms with Crippen LogP contribution in [-0.2, 0) is 9.53 Å². The van der Waals surface area contributed by atoms with Gasteiger partial charge >= 0.3 is 5.97 Å². The molecule has 6 heteroatoms. The van der Waals surface area contributed by atoms with Gasteiger partial charge in [-0.15, -0.1) is 0 Å². The third-order valence-corrected chi connectivity index (χ3v) is 4.33. The molecule has 0 aliphatic carbocycles. The Bertz CT molecular complexity index is 526. The number of rotatable bonds is 7. The Balaban J connectivity index is 1.84. The lowest BCUT2D eigenvalue weighted by Gasteiger charge is -2.36. The summed E-state index contributed by atoms with van der Waals surface area (Å²) in [6, 6.07) is 8.00. The predicted octanol–water partition coefficient (Wildman–Crippen LogP) is 2.16. The smallest absolute Gasteiger partial charge is 0.317 e. The first-order valence-electron chi connectivity index (χ1n) is 7.94. The second-order valence-electron chi connectivity index (χ2n) is 6.30. The normalized spacial score (nSPS) is 20.6. The van der Waals surface area contributed by atoms with Crippen LogP contribution in [0.3, 0.4) is 0 Å². The predicted molar refractivity (Wildman–Crippen MR) is 91.2 cm³/mol. The van der Waals surface area contributed by atoms with Gasteiger partial charge in [-0.3, -0.25) is 14.6 Å². The minimum absolute atomic E-state index is 0.0405. The van der Waals surface area contributed by atoms with E-state index in [0.29, 0.717) is 19.1 Å². The van der Waals surface area contributed by atoms with Gasteiger partial charge in [0.05, 0.1) is 19.3 Å². The van der Waals surface area contributed by atoms with E-state index in [0.717, 1.165) is 24.7 Å². The van der Waals surface area contributed by atoms with E-state index in [2.05, 4.69) is 17.9 Å². The van der Waals surface area contributed by atoms with Gasteiger partial charge < -0.3 is 9.84 Å². The third-order valence-electron chi connectivity index (χ3n) is 4.09. The summed E-state index contributed by atoms with van der Waals surface area (Å²) < 4.78 is 5.77. The van der Waals surface area contributed by atoms with E-state index < -0.39 is 5.97 Å². The first-order valence-corrected chi connectivity index (χ1v) is 8.31. The molecule has 2 unspecified atom stereocenters. The van der Waals surface area contributed by atoms with Crippen molar-refractivity contribution in [1.82, 2.24) is 9.80 Å². The number of hydrogen-bond acceptors (Lipinski definition) is 4. The Hall–Kier alpha value is -1.14. The van der Waals surface area contributed by atoms with Crippen LogP contribution in [-0.4, -0.2) is 73.4 Å². The molecule has 1 aromatic carbocycles. The topological polar surface area (TPSA) is 53.0 Å². The van der Waals surface area contributed by atoms with Crippen molar-refractivity contribution in [3.63, 3.8) is 0 Å². The largest absolute Gasteiger partial charge is 0.480 e. The number of benzene rings is 1. The van der Waals surface area contributed by atoms with E-state index in [-0.39, 0.29) is 12.6 Å². The zero-order chi connectivity index (χ0) is 16.8. The van der Waals surface area contributed by atoms with Crippen molar-refractivity contribution >= 4 is 17.6 Å². The monoisotopic (exact) mass is 340 g/mol. The third kappa shape index (κ3) is 6.11. The molecule has 1 N–H and O–H groups in total. The highest BCUT2D eigenvalue weighted by Gasteiger charge is 2.23. The summed E-state index contributed by atoms with van der Waals surface area (Å²) in [4.78, 5) is 14.9. The average Bonchev–Trinajstić information content (AvgIpc) is 2.46. The summed E-state index contributed by atoms with van der Waals surface area (Å²) in [5.74, 6) is -0.418. The van der Waals surface area contributed by atoms with Gasteiger partial charge in [-0.25, -0.2) is 0 Å². The van der Waals surface area contributed by atoms with Crippen molar-refractivity contribution in [3.8, 4) is 0 Å². The molecule has 1 heterocycles. The van der Waals surface area contributed by atoms with Gasteiger partial charge in [-0.2, -0.15) is 0 Å². The minimum Gasteiger partial charge on any atom is -0.480 e. The van der Waals surface area contributed by atoms with Gasteiger partial charge in [0.1, 0.15) is 0 Å². The van der Waals surface area contributed by atoms with E-state index >= 15 is 0 Å². The van der Waals surface area contributed by atoms with Crippen LogP contribution in [0.15, 0.2) is 24.3 Å². The number of halogens is 1. The van der Waals surface area contributed by atoms with Crippen molar-refractivity contribution in [1.29, 1.82) is 0 Å². The number of carboxylic acid groups (broad SMARTS) is 1. The Morgan fingerprint density at radius 2 is 2.35 bits per heavy atom. The number of carbonyl (C=O) groups is 1. The standard InChI is InChI=1S/C17H25ClN2O3/c1-13(14-4-3-5-15(18)8-14)9-20-6-7-23-16(11-20)10-19(2)12-17(21)22/h3-5,8,13,16H,6-7,9-12H2,1-2H3,(H,21,22). The summed E-state index contributed by atoms with van der Waals surface area (Å²) in [6.07, 6.45) is 0.0552. The molecule has 0 bridgehead atoms. The molecule has 23 heavy (non-hydrogen) atoms. The molecule has 0 amide bonds. The van der Waals surface area contributed by atoms with Crippen LogP contribution >= 0.6 is 11.6 Å². The zero-order valence-corrected chi connectivity index (χ0v) is 14.5. The summed E-state index contributed by atoms with van der Waals surface area (Å²) in [6.45, 7) is 6.25. The SMILES string of the molecule is CC(CN1CCOC(CN(C)CC(=O)O)C1)c1cccc(Cl)c1. The molecule has 1 aromatic rings. The maximum Gasteiger partial charge on any atom is 0.317 e. The molecule has 1 fully saturated rings.